The SMILES string of the molecule is Cc1cc(C)n(-c2cc(N3CCN(S(=O)(=O)c4ccc5c(c4)CCO5)CC3)nc(C)n2)n1. The minimum Gasteiger partial charge on any atom is -0.493 e. The van der Waals surface area contributed by atoms with Crippen molar-refractivity contribution in [2.45, 2.75) is 32.1 Å². The van der Waals surface area contributed by atoms with Gasteiger partial charge in [-0.15, -0.1) is 0 Å². The van der Waals surface area contributed by atoms with Crippen LogP contribution in [0.25, 0.3) is 5.82 Å². The zero-order valence-electron chi connectivity index (χ0n) is 18.4. The molecule has 1 saturated heterocycles. The van der Waals surface area contributed by atoms with Crippen molar-refractivity contribution < 1.29 is 13.2 Å². The van der Waals surface area contributed by atoms with E-state index in [-0.39, 0.29) is 0 Å². The molecule has 10 heteroatoms. The van der Waals surface area contributed by atoms with Crippen molar-refractivity contribution in [3.05, 3.63) is 53.1 Å². The average Bonchev–Trinajstić information content (AvgIpc) is 3.38. The molecule has 4 heterocycles. The Labute approximate surface area is 187 Å². The molecule has 1 fully saturated rings. The molecule has 168 valence electrons. The molecule has 0 bridgehead atoms. The largest absolute Gasteiger partial charge is 0.493 e. The van der Waals surface area contributed by atoms with Gasteiger partial charge >= 0.3 is 0 Å². The number of aryl methyl sites for hydroxylation is 3. The number of hydrogen-bond donors (Lipinski definition) is 0. The van der Waals surface area contributed by atoms with Crippen molar-refractivity contribution in [2.24, 2.45) is 0 Å². The molecular formula is C22H26N6O3S. The van der Waals surface area contributed by atoms with Crippen molar-refractivity contribution in [1.82, 2.24) is 24.1 Å². The smallest absolute Gasteiger partial charge is 0.243 e. The van der Waals surface area contributed by atoms with Crippen LogP contribution >= 0.6 is 0 Å². The third-order valence-electron chi connectivity index (χ3n) is 5.90. The number of benzene rings is 1. The Balaban J connectivity index is 1.34. The topological polar surface area (TPSA) is 93.5 Å². The maximum Gasteiger partial charge on any atom is 0.243 e. The summed E-state index contributed by atoms with van der Waals surface area (Å²) in [6, 6.07) is 9.07. The van der Waals surface area contributed by atoms with Crippen LogP contribution in [0.3, 0.4) is 0 Å². The van der Waals surface area contributed by atoms with Crippen LogP contribution in [0.2, 0.25) is 0 Å². The van der Waals surface area contributed by atoms with Gasteiger partial charge in [0.1, 0.15) is 17.4 Å². The molecule has 0 aliphatic carbocycles. The van der Waals surface area contributed by atoms with Crippen LogP contribution in [0.15, 0.2) is 35.2 Å². The molecule has 1 aromatic carbocycles. The van der Waals surface area contributed by atoms with Crippen molar-refractivity contribution >= 4 is 15.8 Å². The number of aromatic nitrogens is 4. The Morgan fingerprint density at radius 2 is 1.69 bits per heavy atom. The monoisotopic (exact) mass is 454 g/mol. The quantitative estimate of drug-likeness (QED) is 0.595. The molecule has 3 aromatic rings. The van der Waals surface area contributed by atoms with E-state index in [0.717, 1.165) is 34.9 Å². The van der Waals surface area contributed by atoms with E-state index in [1.165, 1.54) is 0 Å². The van der Waals surface area contributed by atoms with Crippen LogP contribution in [-0.2, 0) is 16.4 Å². The number of fused-ring (bicyclic) bond motifs is 1. The Morgan fingerprint density at radius 3 is 2.41 bits per heavy atom. The van der Waals surface area contributed by atoms with E-state index < -0.39 is 10.0 Å². The Morgan fingerprint density at radius 1 is 0.938 bits per heavy atom. The summed E-state index contributed by atoms with van der Waals surface area (Å²) < 4.78 is 35.3. The first-order valence-corrected chi connectivity index (χ1v) is 12.2. The van der Waals surface area contributed by atoms with Gasteiger partial charge in [0.2, 0.25) is 10.0 Å². The van der Waals surface area contributed by atoms with Crippen LogP contribution in [0.1, 0.15) is 22.8 Å². The van der Waals surface area contributed by atoms with E-state index >= 15 is 0 Å². The summed E-state index contributed by atoms with van der Waals surface area (Å²) in [7, 11) is -3.55. The number of ether oxygens (including phenoxy) is 1. The van der Waals surface area contributed by atoms with Crippen LogP contribution in [0, 0.1) is 20.8 Å². The number of sulfonamides is 1. The van der Waals surface area contributed by atoms with E-state index in [9.17, 15) is 8.42 Å². The molecule has 0 amide bonds. The average molecular weight is 455 g/mol. The molecule has 0 radical (unpaired) electrons. The Kier molecular flexibility index (Phi) is 5.13. The molecule has 0 saturated carbocycles. The summed E-state index contributed by atoms with van der Waals surface area (Å²) in [6.45, 7) is 8.31. The summed E-state index contributed by atoms with van der Waals surface area (Å²) >= 11 is 0. The Bertz CT molecular complexity index is 1280. The first kappa shape index (κ1) is 20.9. The molecule has 0 atom stereocenters. The van der Waals surface area contributed by atoms with Gasteiger partial charge in [-0.05, 0) is 50.6 Å². The van der Waals surface area contributed by atoms with Crippen molar-refractivity contribution in [2.75, 3.05) is 37.7 Å². The number of hydrogen-bond acceptors (Lipinski definition) is 7. The maximum absolute atomic E-state index is 13.2. The van der Waals surface area contributed by atoms with E-state index in [4.69, 9.17) is 4.74 Å². The standard InChI is InChI=1S/C22H26N6O3S/c1-15-12-16(2)28(25-15)22-14-21(23-17(3)24-22)26-7-9-27(10-8-26)32(29,30)19-4-5-20-18(13-19)6-11-31-20/h4-5,12-14H,6-11H2,1-3H3. The Hall–Kier alpha value is -2.98. The predicted molar refractivity (Wildman–Crippen MR) is 120 cm³/mol. The van der Waals surface area contributed by atoms with Gasteiger partial charge in [0.05, 0.1) is 17.2 Å². The lowest BCUT2D eigenvalue weighted by Crippen LogP contribution is -2.49. The van der Waals surface area contributed by atoms with Gasteiger partial charge in [0.25, 0.3) is 0 Å². The summed E-state index contributed by atoms with van der Waals surface area (Å²) in [5.74, 6) is 2.94. The fourth-order valence-corrected chi connectivity index (χ4v) is 5.77. The van der Waals surface area contributed by atoms with Gasteiger partial charge < -0.3 is 9.64 Å². The fraction of sp³-hybridized carbons (Fsp3) is 0.409. The predicted octanol–water partition coefficient (Wildman–Crippen LogP) is 2.03. The molecule has 32 heavy (non-hydrogen) atoms. The summed E-state index contributed by atoms with van der Waals surface area (Å²) in [5.41, 5.74) is 2.89. The third kappa shape index (κ3) is 3.73. The first-order valence-electron chi connectivity index (χ1n) is 10.7. The lowest BCUT2D eigenvalue weighted by molar-refractivity contribution is 0.356. The summed E-state index contributed by atoms with van der Waals surface area (Å²) in [5, 5.41) is 4.52. The molecule has 5 rings (SSSR count). The summed E-state index contributed by atoms with van der Waals surface area (Å²) in [4.78, 5) is 11.6. The van der Waals surface area contributed by atoms with Gasteiger partial charge in [0, 0.05) is 44.4 Å². The molecule has 0 N–H and O–H groups in total. The van der Waals surface area contributed by atoms with Crippen molar-refractivity contribution in [1.29, 1.82) is 0 Å². The molecule has 2 aliphatic rings. The summed E-state index contributed by atoms with van der Waals surface area (Å²) in [6.07, 6.45) is 0.747. The normalized spacial score (nSPS) is 16.8. The fourth-order valence-electron chi connectivity index (χ4n) is 4.30. The number of rotatable bonds is 4. The molecule has 0 unspecified atom stereocenters. The molecule has 0 spiro atoms. The molecule has 2 aromatic heterocycles. The molecular weight excluding hydrogens is 428 g/mol. The van der Waals surface area contributed by atoms with Gasteiger partial charge in [-0.25, -0.2) is 23.1 Å². The van der Waals surface area contributed by atoms with Crippen LogP contribution < -0.4 is 9.64 Å². The van der Waals surface area contributed by atoms with Gasteiger partial charge in [0.15, 0.2) is 5.82 Å². The van der Waals surface area contributed by atoms with E-state index in [0.29, 0.717) is 49.3 Å². The van der Waals surface area contributed by atoms with E-state index in [1.807, 2.05) is 37.6 Å². The highest BCUT2D eigenvalue weighted by Gasteiger charge is 2.30. The second-order valence-corrected chi connectivity index (χ2v) is 10.2. The second-order valence-electron chi connectivity index (χ2n) is 8.23. The lowest BCUT2D eigenvalue weighted by atomic mass is 10.2. The lowest BCUT2D eigenvalue weighted by Gasteiger charge is -2.34. The number of nitrogens with zero attached hydrogens (tertiary/aromatic N) is 6. The van der Waals surface area contributed by atoms with Crippen LogP contribution in [0.4, 0.5) is 5.82 Å². The second kappa shape index (κ2) is 7.86. The van der Waals surface area contributed by atoms with Crippen LogP contribution in [-0.4, -0.2) is 65.3 Å². The number of piperazine rings is 1. The molecule has 2 aliphatic heterocycles. The maximum atomic E-state index is 13.2. The van der Waals surface area contributed by atoms with Crippen molar-refractivity contribution in [3.8, 4) is 11.6 Å². The zero-order chi connectivity index (χ0) is 22.5. The minimum absolute atomic E-state index is 0.333. The van der Waals surface area contributed by atoms with E-state index in [2.05, 4.69) is 20.0 Å². The number of anilines is 1. The van der Waals surface area contributed by atoms with Crippen LogP contribution in [0.5, 0.6) is 5.75 Å². The van der Waals surface area contributed by atoms with Gasteiger partial charge in [-0.2, -0.15) is 9.40 Å². The third-order valence-corrected chi connectivity index (χ3v) is 7.79. The van der Waals surface area contributed by atoms with Gasteiger partial charge in [-0.1, -0.05) is 0 Å². The molecule has 9 nitrogen and oxygen atoms in total. The highest BCUT2D eigenvalue weighted by atomic mass is 32.2. The van der Waals surface area contributed by atoms with Crippen molar-refractivity contribution in [3.63, 3.8) is 0 Å². The first-order chi connectivity index (χ1) is 15.3. The highest BCUT2D eigenvalue weighted by Crippen LogP contribution is 2.29. The zero-order valence-corrected chi connectivity index (χ0v) is 19.3. The highest BCUT2D eigenvalue weighted by molar-refractivity contribution is 7.89. The minimum atomic E-state index is -3.55. The van der Waals surface area contributed by atoms with Gasteiger partial charge in [-0.3, -0.25) is 0 Å². The van der Waals surface area contributed by atoms with E-state index in [1.54, 1.807) is 22.5 Å².